The lowest BCUT2D eigenvalue weighted by Gasteiger charge is -2.18. The van der Waals surface area contributed by atoms with Crippen LogP contribution in [-0.4, -0.2) is 19.3 Å². The number of allylic oxidation sites excluding steroid dienone is 1. The molecule has 4 N–H and O–H groups in total. The molecule has 218 valence electrons. The van der Waals surface area contributed by atoms with Gasteiger partial charge in [0.2, 0.25) is 0 Å². The molecule has 0 heterocycles. The fourth-order valence-corrected chi connectivity index (χ4v) is 3.12. The second kappa shape index (κ2) is 15.4. The van der Waals surface area contributed by atoms with Gasteiger partial charge in [0.05, 0.1) is 11.8 Å². The maximum atomic E-state index is 13.9. The number of nitriles is 1. The Kier molecular flexibility index (Phi) is 14.1. The average molecular weight is 564 g/mol. The summed E-state index contributed by atoms with van der Waals surface area (Å²) >= 11 is 0. The molecule has 0 saturated carbocycles. The van der Waals surface area contributed by atoms with E-state index in [9.17, 15) is 30.7 Å². The zero-order valence-electron chi connectivity index (χ0n) is 22.9. The highest BCUT2D eigenvalue weighted by Crippen LogP contribution is 2.35. The largest absolute Gasteiger partial charge is 0.484 e. The van der Waals surface area contributed by atoms with Crippen LogP contribution in [0.2, 0.25) is 0 Å². The zero-order chi connectivity index (χ0) is 30.6. The molecule has 0 unspecified atom stereocenters. The van der Waals surface area contributed by atoms with Gasteiger partial charge >= 0.3 is 6.18 Å². The lowest BCUT2D eigenvalue weighted by Crippen LogP contribution is -2.19. The number of hydrogen-bond acceptors (Lipinski definition) is 4. The molecule has 0 aliphatic rings. The topological polar surface area (TPSA) is 85.1 Å². The summed E-state index contributed by atoms with van der Waals surface area (Å²) in [4.78, 5) is 0. The van der Waals surface area contributed by atoms with E-state index < -0.39 is 35.8 Å². The minimum atomic E-state index is -4.59. The standard InChI is InChI=1S/C24H23F7N2O.C2H7N.C2H6/c1-14(12-32)21(33)17-6-15(9-20(10-17)34-13-24(29,30)31)4-5-16-7-18(22(2,25)26)11-19(8-16)23(3,27)28;1-2-3;1-2/h6-11H,4-5,13,33H2,1-3H3;2-3H2,1H3;1-2H3/b21-14+;;. The molecule has 0 atom stereocenters. The Hall–Kier alpha value is -3.26. The maximum absolute atomic E-state index is 13.9. The average Bonchev–Trinajstić information content (AvgIpc) is 2.85. The van der Waals surface area contributed by atoms with E-state index >= 15 is 0 Å². The molecule has 0 aromatic heterocycles. The van der Waals surface area contributed by atoms with Crippen LogP contribution in [-0.2, 0) is 24.7 Å². The van der Waals surface area contributed by atoms with Gasteiger partial charge in [-0.3, -0.25) is 0 Å². The predicted octanol–water partition coefficient (Wildman–Crippen LogP) is 7.84. The van der Waals surface area contributed by atoms with E-state index in [1.54, 1.807) is 0 Å². The second-order valence-electron chi connectivity index (χ2n) is 8.52. The van der Waals surface area contributed by atoms with Gasteiger partial charge in [0.25, 0.3) is 11.8 Å². The SMILES string of the molecule is C/C(C#N)=C(\N)c1cc(CCc2cc(C(C)(F)F)cc(C(C)(F)F)c2)cc(OCC(F)(F)F)c1.CC.CCN. The summed E-state index contributed by atoms with van der Waals surface area (Å²) in [6, 6.07) is 8.93. The summed E-state index contributed by atoms with van der Waals surface area (Å²) in [5.74, 6) is -6.85. The van der Waals surface area contributed by atoms with Gasteiger partial charge in [-0.25, -0.2) is 17.6 Å². The van der Waals surface area contributed by atoms with Crippen LogP contribution in [0.5, 0.6) is 5.75 Å². The van der Waals surface area contributed by atoms with Crippen molar-refractivity contribution >= 4 is 5.70 Å². The quantitative estimate of drug-likeness (QED) is 0.253. The van der Waals surface area contributed by atoms with Crippen molar-refractivity contribution in [3.63, 3.8) is 0 Å². The van der Waals surface area contributed by atoms with Crippen molar-refractivity contribution in [2.45, 2.75) is 72.4 Å². The van der Waals surface area contributed by atoms with Crippen molar-refractivity contribution in [3.8, 4) is 11.8 Å². The fourth-order valence-electron chi connectivity index (χ4n) is 3.12. The molecule has 2 aromatic rings. The van der Waals surface area contributed by atoms with Gasteiger partial charge in [-0.05, 0) is 73.8 Å². The molecule has 0 fully saturated rings. The van der Waals surface area contributed by atoms with Crippen LogP contribution < -0.4 is 16.2 Å². The lowest BCUT2D eigenvalue weighted by atomic mass is 9.95. The van der Waals surface area contributed by atoms with Crippen molar-refractivity contribution in [1.29, 1.82) is 5.26 Å². The Morgan fingerprint density at radius 2 is 1.28 bits per heavy atom. The highest BCUT2D eigenvalue weighted by atomic mass is 19.4. The van der Waals surface area contributed by atoms with Gasteiger partial charge in [0.1, 0.15) is 5.75 Å². The van der Waals surface area contributed by atoms with E-state index in [4.69, 9.17) is 21.5 Å². The van der Waals surface area contributed by atoms with Crippen LogP contribution in [0.25, 0.3) is 5.70 Å². The molecule has 0 amide bonds. The predicted molar refractivity (Wildman–Crippen MR) is 139 cm³/mol. The van der Waals surface area contributed by atoms with E-state index in [1.165, 1.54) is 25.1 Å². The number of rotatable bonds is 8. The second-order valence-corrected chi connectivity index (χ2v) is 8.52. The zero-order valence-corrected chi connectivity index (χ0v) is 22.9. The maximum Gasteiger partial charge on any atom is 0.422 e. The third-order valence-corrected chi connectivity index (χ3v) is 4.96. The number of alkyl halides is 7. The van der Waals surface area contributed by atoms with E-state index in [0.717, 1.165) is 24.7 Å². The number of aryl methyl sites for hydroxylation is 2. The summed E-state index contributed by atoms with van der Waals surface area (Å²) in [7, 11) is 0. The van der Waals surface area contributed by atoms with Gasteiger partial charge in [-0.1, -0.05) is 20.8 Å². The summed E-state index contributed by atoms with van der Waals surface area (Å²) in [5, 5.41) is 9.06. The van der Waals surface area contributed by atoms with Crippen molar-refractivity contribution in [3.05, 3.63) is 69.8 Å². The summed E-state index contributed by atoms with van der Waals surface area (Å²) < 4.78 is 98.0. The first-order chi connectivity index (χ1) is 17.9. The Bertz CT molecular complexity index is 1090. The number of halogens is 7. The third-order valence-electron chi connectivity index (χ3n) is 4.96. The highest BCUT2D eigenvalue weighted by molar-refractivity contribution is 5.70. The lowest BCUT2D eigenvalue weighted by molar-refractivity contribution is -0.153. The van der Waals surface area contributed by atoms with Crippen LogP contribution in [0, 0.1) is 11.3 Å². The fraction of sp³-hybridized carbons (Fsp3) is 0.464. The summed E-state index contributed by atoms with van der Waals surface area (Å²) in [6.45, 7) is 7.73. The van der Waals surface area contributed by atoms with Crippen molar-refractivity contribution in [1.82, 2.24) is 0 Å². The number of ether oxygens (including phenoxy) is 1. The van der Waals surface area contributed by atoms with Gasteiger partial charge in [0.15, 0.2) is 6.61 Å². The normalized spacial score (nSPS) is 12.2. The van der Waals surface area contributed by atoms with Crippen molar-refractivity contribution < 1.29 is 35.5 Å². The van der Waals surface area contributed by atoms with Crippen molar-refractivity contribution in [2.75, 3.05) is 13.2 Å². The molecule has 0 bridgehead atoms. The summed E-state index contributed by atoms with van der Waals surface area (Å²) in [6.07, 6.45) is -4.45. The number of nitrogens with zero attached hydrogens (tertiary/aromatic N) is 1. The minimum absolute atomic E-state index is 0.0294. The number of hydrogen-bond donors (Lipinski definition) is 2. The Labute approximate surface area is 225 Å². The molecule has 2 aromatic carbocycles. The van der Waals surface area contributed by atoms with E-state index in [1.807, 2.05) is 26.8 Å². The molecular formula is C28H36F7N3O. The van der Waals surface area contributed by atoms with Crippen LogP contribution in [0.3, 0.4) is 0 Å². The smallest absolute Gasteiger partial charge is 0.422 e. The van der Waals surface area contributed by atoms with Crippen LogP contribution in [0.4, 0.5) is 30.7 Å². The molecule has 39 heavy (non-hydrogen) atoms. The Balaban J connectivity index is 0.00000269. The van der Waals surface area contributed by atoms with Gasteiger partial charge < -0.3 is 16.2 Å². The van der Waals surface area contributed by atoms with E-state index in [2.05, 4.69) is 0 Å². The molecular weight excluding hydrogens is 527 g/mol. The highest BCUT2D eigenvalue weighted by Gasteiger charge is 2.31. The number of nitrogens with two attached hydrogens (primary N) is 2. The molecule has 4 nitrogen and oxygen atoms in total. The van der Waals surface area contributed by atoms with Gasteiger partial charge in [-0.2, -0.15) is 18.4 Å². The molecule has 0 spiro atoms. The minimum Gasteiger partial charge on any atom is -0.484 e. The molecule has 2 rings (SSSR count). The summed E-state index contributed by atoms with van der Waals surface area (Å²) in [5.41, 5.74) is 10.7. The van der Waals surface area contributed by atoms with Crippen LogP contribution in [0.1, 0.15) is 69.4 Å². The molecule has 0 radical (unpaired) electrons. The van der Waals surface area contributed by atoms with Gasteiger partial charge in [-0.15, -0.1) is 0 Å². The Morgan fingerprint density at radius 3 is 1.67 bits per heavy atom. The molecule has 11 heteroatoms. The third kappa shape index (κ3) is 12.9. The number of benzene rings is 2. The molecule has 0 saturated heterocycles. The van der Waals surface area contributed by atoms with Crippen LogP contribution >= 0.6 is 0 Å². The van der Waals surface area contributed by atoms with Crippen molar-refractivity contribution in [2.24, 2.45) is 11.5 Å². The molecule has 0 aliphatic carbocycles. The van der Waals surface area contributed by atoms with Gasteiger partial charge in [0, 0.05) is 36.1 Å². The van der Waals surface area contributed by atoms with E-state index in [0.29, 0.717) is 19.4 Å². The van der Waals surface area contributed by atoms with Crippen LogP contribution in [0.15, 0.2) is 42.0 Å². The molecule has 0 aliphatic heterocycles. The monoisotopic (exact) mass is 563 g/mol. The first-order valence-electron chi connectivity index (χ1n) is 12.2. The first kappa shape index (κ1) is 35.7. The first-order valence-corrected chi connectivity index (χ1v) is 12.2. The van der Waals surface area contributed by atoms with E-state index in [-0.39, 0.29) is 41.0 Å². The Morgan fingerprint density at radius 1 is 0.846 bits per heavy atom.